The van der Waals surface area contributed by atoms with Gasteiger partial charge in [0, 0.05) is 23.5 Å². The number of carbonyl (C=O) groups excluding carboxylic acids is 2. The summed E-state index contributed by atoms with van der Waals surface area (Å²) in [6, 6.07) is 24.5. The lowest BCUT2D eigenvalue weighted by atomic mass is 9.95. The van der Waals surface area contributed by atoms with Crippen LogP contribution in [0.15, 0.2) is 72.8 Å². The van der Waals surface area contributed by atoms with Crippen LogP contribution in [0.2, 0.25) is 5.02 Å². The zero-order chi connectivity index (χ0) is 31.3. The van der Waals surface area contributed by atoms with Gasteiger partial charge in [0.15, 0.2) is 0 Å². The van der Waals surface area contributed by atoms with E-state index >= 15 is 0 Å². The molecule has 3 aromatic rings. The predicted octanol–water partition coefficient (Wildman–Crippen LogP) is 8.23. The van der Waals surface area contributed by atoms with Crippen molar-refractivity contribution in [1.29, 1.82) is 0 Å². The molecule has 0 bridgehead atoms. The van der Waals surface area contributed by atoms with E-state index in [9.17, 15) is 9.59 Å². The van der Waals surface area contributed by atoms with Gasteiger partial charge in [-0.1, -0.05) is 60.1 Å². The van der Waals surface area contributed by atoms with Gasteiger partial charge in [-0.05, 0) is 125 Å². The molecule has 1 heterocycles. The Morgan fingerprint density at radius 1 is 0.909 bits per heavy atom. The Kier molecular flexibility index (Phi) is 10.3. The number of rotatable bonds is 10. The van der Waals surface area contributed by atoms with Crippen molar-refractivity contribution in [2.75, 3.05) is 33.3 Å². The first-order valence-electron chi connectivity index (χ1n) is 15.8. The Balaban J connectivity index is 1.13. The van der Waals surface area contributed by atoms with Crippen LogP contribution >= 0.6 is 11.6 Å². The molecule has 2 fully saturated rings. The van der Waals surface area contributed by atoms with E-state index in [2.05, 4.69) is 29.2 Å². The van der Waals surface area contributed by atoms with Gasteiger partial charge in [-0.2, -0.15) is 0 Å². The standard InChI is InChI=1S/C37H45ClN2O4/c1-37(2,3)44-36(42)40(34-24-33(34)30-13-11-28(12-14-30)29-15-17-32(38)18-16-29)25-27-19-22-39(23-20-27)21-5-6-26-7-9-31(10-8-26)35(41)43-4/h7-18,27,33-34H,5-6,19-25H2,1-4H3. The van der Waals surface area contributed by atoms with Crippen LogP contribution in [0, 0.1) is 5.92 Å². The van der Waals surface area contributed by atoms with Gasteiger partial charge in [-0.25, -0.2) is 9.59 Å². The highest BCUT2D eigenvalue weighted by atomic mass is 35.5. The van der Waals surface area contributed by atoms with Crippen LogP contribution in [0.1, 0.15) is 73.9 Å². The van der Waals surface area contributed by atoms with E-state index in [0.29, 0.717) is 17.4 Å². The lowest BCUT2D eigenvalue weighted by Crippen LogP contribution is -2.44. The maximum atomic E-state index is 13.4. The molecule has 44 heavy (non-hydrogen) atoms. The molecule has 1 amide bonds. The highest BCUT2D eigenvalue weighted by Crippen LogP contribution is 2.46. The number of benzene rings is 3. The summed E-state index contributed by atoms with van der Waals surface area (Å²) in [6.45, 7) is 9.72. The molecule has 234 valence electrons. The number of carbonyl (C=O) groups is 2. The van der Waals surface area contributed by atoms with Crippen molar-refractivity contribution in [1.82, 2.24) is 9.80 Å². The van der Waals surface area contributed by atoms with Crippen LogP contribution in [-0.2, 0) is 15.9 Å². The molecule has 0 spiro atoms. The Labute approximate surface area is 267 Å². The van der Waals surface area contributed by atoms with Gasteiger partial charge in [0.2, 0.25) is 0 Å². The Bertz CT molecular complexity index is 1390. The molecule has 6 nitrogen and oxygen atoms in total. The molecule has 3 aromatic carbocycles. The molecular formula is C37H45ClN2O4. The third kappa shape index (κ3) is 8.64. The fourth-order valence-electron chi connectivity index (χ4n) is 6.22. The smallest absolute Gasteiger partial charge is 0.410 e. The van der Waals surface area contributed by atoms with E-state index < -0.39 is 5.60 Å². The molecule has 1 aliphatic carbocycles. The molecular weight excluding hydrogens is 572 g/mol. The van der Waals surface area contributed by atoms with Crippen LogP contribution in [0.25, 0.3) is 11.1 Å². The van der Waals surface area contributed by atoms with Crippen molar-refractivity contribution in [2.24, 2.45) is 5.92 Å². The molecule has 0 aromatic heterocycles. The third-order valence-electron chi connectivity index (χ3n) is 8.78. The Morgan fingerprint density at radius 2 is 1.52 bits per heavy atom. The molecule has 2 aliphatic rings. The van der Waals surface area contributed by atoms with Crippen LogP contribution in [0.5, 0.6) is 0 Å². The van der Waals surface area contributed by atoms with Gasteiger partial charge >= 0.3 is 12.1 Å². The first-order chi connectivity index (χ1) is 21.1. The predicted molar refractivity (Wildman–Crippen MR) is 176 cm³/mol. The Hall–Kier alpha value is -3.35. The second-order valence-electron chi connectivity index (χ2n) is 13.2. The summed E-state index contributed by atoms with van der Waals surface area (Å²) in [4.78, 5) is 29.7. The molecule has 0 N–H and O–H groups in total. The number of hydrogen-bond donors (Lipinski definition) is 0. The fourth-order valence-corrected chi connectivity index (χ4v) is 6.34. The van der Waals surface area contributed by atoms with Gasteiger partial charge in [0.1, 0.15) is 5.60 Å². The average molecular weight is 617 g/mol. The number of nitrogens with zero attached hydrogens (tertiary/aromatic N) is 2. The summed E-state index contributed by atoms with van der Waals surface area (Å²) in [7, 11) is 1.40. The van der Waals surface area contributed by atoms with Gasteiger partial charge in [0.05, 0.1) is 12.7 Å². The number of methoxy groups -OCH3 is 1. The minimum absolute atomic E-state index is 0.176. The zero-order valence-electron chi connectivity index (χ0n) is 26.4. The quantitative estimate of drug-likeness (QED) is 0.215. The summed E-state index contributed by atoms with van der Waals surface area (Å²) in [6.07, 6.45) is 5.01. The van der Waals surface area contributed by atoms with E-state index in [-0.39, 0.29) is 18.1 Å². The van der Waals surface area contributed by atoms with Crippen molar-refractivity contribution in [3.8, 4) is 11.1 Å². The number of amides is 1. The minimum Gasteiger partial charge on any atom is -0.465 e. The van der Waals surface area contributed by atoms with Crippen LogP contribution in [0.4, 0.5) is 4.79 Å². The number of esters is 1. The maximum absolute atomic E-state index is 13.4. The monoisotopic (exact) mass is 616 g/mol. The van der Waals surface area contributed by atoms with Crippen molar-refractivity contribution >= 4 is 23.7 Å². The van der Waals surface area contributed by atoms with Crippen molar-refractivity contribution in [3.05, 3.63) is 94.5 Å². The number of ether oxygens (including phenoxy) is 2. The number of aryl methyl sites for hydroxylation is 1. The van der Waals surface area contributed by atoms with E-state index in [1.807, 2.05) is 74.2 Å². The molecule has 2 atom stereocenters. The minimum atomic E-state index is -0.525. The Morgan fingerprint density at radius 3 is 2.11 bits per heavy atom. The van der Waals surface area contributed by atoms with Gasteiger partial charge in [-0.3, -0.25) is 0 Å². The van der Waals surface area contributed by atoms with Gasteiger partial charge in [-0.15, -0.1) is 0 Å². The SMILES string of the molecule is COC(=O)c1ccc(CCCN2CCC(CN(C(=O)OC(C)(C)C)C3CC3c3ccc(-c4ccc(Cl)cc4)cc3)CC2)cc1. The first kappa shape index (κ1) is 32.1. The number of halogens is 1. The third-order valence-corrected chi connectivity index (χ3v) is 9.03. The van der Waals surface area contributed by atoms with Crippen molar-refractivity contribution < 1.29 is 19.1 Å². The average Bonchev–Trinajstić information content (AvgIpc) is 3.81. The normalized spacial score (nSPS) is 18.9. The van der Waals surface area contributed by atoms with Crippen LogP contribution in [0.3, 0.4) is 0 Å². The van der Waals surface area contributed by atoms with Gasteiger partial charge < -0.3 is 19.3 Å². The van der Waals surface area contributed by atoms with Crippen LogP contribution < -0.4 is 0 Å². The summed E-state index contributed by atoms with van der Waals surface area (Å²) >= 11 is 6.06. The zero-order valence-corrected chi connectivity index (χ0v) is 27.2. The molecule has 5 rings (SSSR count). The number of hydrogen-bond acceptors (Lipinski definition) is 5. The van der Waals surface area contributed by atoms with E-state index in [4.69, 9.17) is 21.1 Å². The second-order valence-corrected chi connectivity index (χ2v) is 13.7. The number of piperidine rings is 1. The lowest BCUT2D eigenvalue weighted by molar-refractivity contribution is 0.0171. The number of likely N-dealkylation sites (tertiary alicyclic amines) is 1. The van der Waals surface area contributed by atoms with Gasteiger partial charge in [0.25, 0.3) is 0 Å². The summed E-state index contributed by atoms with van der Waals surface area (Å²) < 4.78 is 10.7. The molecule has 2 unspecified atom stereocenters. The summed E-state index contributed by atoms with van der Waals surface area (Å²) in [5.74, 6) is 0.507. The van der Waals surface area contributed by atoms with E-state index in [1.54, 1.807) is 0 Å². The van der Waals surface area contributed by atoms with Crippen molar-refractivity contribution in [3.63, 3.8) is 0 Å². The highest BCUT2D eigenvalue weighted by molar-refractivity contribution is 6.30. The molecule has 7 heteroatoms. The molecule has 1 aliphatic heterocycles. The summed E-state index contributed by atoms with van der Waals surface area (Å²) in [5, 5.41) is 0.736. The molecule has 1 saturated carbocycles. The topological polar surface area (TPSA) is 59.1 Å². The molecule has 1 saturated heterocycles. The maximum Gasteiger partial charge on any atom is 0.410 e. The highest BCUT2D eigenvalue weighted by Gasteiger charge is 2.46. The first-order valence-corrected chi connectivity index (χ1v) is 16.2. The van der Waals surface area contributed by atoms with Crippen LogP contribution in [-0.4, -0.2) is 66.8 Å². The largest absolute Gasteiger partial charge is 0.465 e. The lowest BCUT2D eigenvalue weighted by Gasteiger charge is -2.36. The second kappa shape index (κ2) is 14.2. The van der Waals surface area contributed by atoms with E-state index in [1.165, 1.54) is 18.2 Å². The molecule has 0 radical (unpaired) electrons. The fraction of sp³-hybridized carbons (Fsp3) is 0.459. The van der Waals surface area contributed by atoms with Crippen molar-refractivity contribution in [2.45, 2.75) is 70.4 Å². The summed E-state index contributed by atoms with van der Waals surface area (Å²) in [5.41, 5.74) is 4.88. The van der Waals surface area contributed by atoms with E-state index in [0.717, 1.165) is 74.4 Å².